The zero-order valence-corrected chi connectivity index (χ0v) is 11.2. The van der Waals surface area contributed by atoms with Gasteiger partial charge in [0.05, 0.1) is 0 Å². The zero-order chi connectivity index (χ0) is 12.4. The molecular weight excluding hydrogens is 206 g/mol. The van der Waals surface area contributed by atoms with E-state index in [1.54, 1.807) is 0 Å². The fraction of sp³-hybridized carbons (Fsp3) is 0.375. The Morgan fingerprint density at radius 1 is 1.12 bits per heavy atom. The molecule has 1 aromatic rings. The lowest BCUT2D eigenvalue weighted by molar-refractivity contribution is 0.627. The second-order valence-corrected chi connectivity index (χ2v) is 4.98. The van der Waals surface area contributed by atoms with Crippen LogP contribution >= 0.6 is 0 Å². The maximum atomic E-state index is 3.58. The zero-order valence-electron chi connectivity index (χ0n) is 11.2. The molecule has 1 atom stereocenters. The van der Waals surface area contributed by atoms with E-state index in [2.05, 4.69) is 63.4 Å². The van der Waals surface area contributed by atoms with E-state index in [4.69, 9.17) is 0 Å². The molecule has 0 fully saturated rings. The predicted octanol–water partition coefficient (Wildman–Crippen LogP) is 4.05. The highest BCUT2D eigenvalue weighted by Gasteiger charge is 2.15. The van der Waals surface area contributed by atoms with Crippen molar-refractivity contribution in [3.05, 3.63) is 52.7 Å². The number of benzene rings is 1. The van der Waals surface area contributed by atoms with Crippen molar-refractivity contribution in [2.24, 2.45) is 0 Å². The van der Waals surface area contributed by atoms with Crippen molar-refractivity contribution in [1.82, 2.24) is 5.32 Å². The molecule has 0 aromatic heterocycles. The molecule has 0 aliphatic carbocycles. The average molecular weight is 227 g/mol. The molecular formula is C16H21N. The van der Waals surface area contributed by atoms with Gasteiger partial charge in [-0.1, -0.05) is 30.3 Å². The second kappa shape index (κ2) is 4.79. The smallest absolute Gasteiger partial charge is 0.0264 e. The molecule has 0 saturated carbocycles. The molecule has 0 spiro atoms. The fourth-order valence-corrected chi connectivity index (χ4v) is 2.52. The van der Waals surface area contributed by atoms with Crippen molar-refractivity contribution in [3.8, 4) is 0 Å². The van der Waals surface area contributed by atoms with Crippen molar-refractivity contribution >= 4 is 5.57 Å². The standard InChI is InChI=1S/C16H21N/c1-11-7-5-6-8-15(11)16-12(2)9-10-13(3)17-14(16)4/h5-9,13,17H,10H2,1-4H3. The van der Waals surface area contributed by atoms with Crippen molar-refractivity contribution in [2.45, 2.75) is 40.2 Å². The summed E-state index contributed by atoms with van der Waals surface area (Å²) in [7, 11) is 0. The maximum absolute atomic E-state index is 3.58. The Morgan fingerprint density at radius 3 is 2.53 bits per heavy atom. The van der Waals surface area contributed by atoms with Gasteiger partial charge in [-0.3, -0.25) is 0 Å². The van der Waals surface area contributed by atoms with E-state index >= 15 is 0 Å². The van der Waals surface area contributed by atoms with Crippen LogP contribution in [0.1, 0.15) is 38.3 Å². The van der Waals surface area contributed by atoms with Gasteiger partial charge in [0, 0.05) is 17.3 Å². The molecule has 1 aromatic carbocycles. The van der Waals surface area contributed by atoms with Crippen LogP contribution < -0.4 is 5.32 Å². The van der Waals surface area contributed by atoms with E-state index in [0.29, 0.717) is 6.04 Å². The Kier molecular flexibility index (Phi) is 3.37. The minimum Gasteiger partial charge on any atom is -0.385 e. The molecule has 90 valence electrons. The molecule has 0 radical (unpaired) electrons. The van der Waals surface area contributed by atoms with E-state index in [-0.39, 0.29) is 0 Å². The van der Waals surface area contributed by atoms with Crippen LogP contribution in [-0.2, 0) is 0 Å². The summed E-state index contributed by atoms with van der Waals surface area (Å²) < 4.78 is 0. The number of rotatable bonds is 1. The van der Waals surface area contributed by atoms with Gasteiger partial charge in [0.2, 0.25) is 0 Å². The summed E-state index contributed by atoms with van der Waals surface area (Å²) in [5, 5.41) is 3.58. The lowest BCUT2D eigenvalue weighted by atomic mass is 9.93. The van der Waals surface area contributed by atoms with Gasteiger partial charge in [0.1, 0.15) is 0 Å². The summed E-state index contributed by atoms with van der Waals surface area (Å²) in [4.78, 5) is 0. The third-order valence-corrected chi connectivity index (χ3v) is 3.42. The van der Waals surface area contributed by atoms with Crippen LogP contribution in [0.3, 0.4) is 0 Å². The van der Waals surface area contributed by atoms with Crippen LogP contribution in [0.5, 0.6) is 0 Å². The molecule has 0 amide bonds. The largest absolute Gasteiger partial charge is 0.385 e. The van der Waals surface area contributed by atoms with Gasteiger partial charge in [-0.15, -0.1) is 0 Å². The summed E-state index contributed by atoms with van der Waals surface area (Å²) in [6, 6.07) is 9.12. The summed E-state index contributed by atoms with van der Waals surface area (Å²) in [6.45, 7) is 8.80. The molecule has 2 rings (SSSR count). The molecule has 1 unspecified atom stereocenters. The lowest BCUT2D eigenvalue weighted by Crippen LogP contribution is -2.23. The predicted molar refractivity (Wildman–Crippen MR) is 74.7 cm³/mol. The molecule has 1 heteroatoms. The third-order valence-electron chi connectivity index (χ3n) is 3.42. The minimum atomic E-state index is 0.520. The normalized spacial score (nSPS) is 20.7. The van der Waals surface area contributed by atoms with Gasteiger partial charge in [-0.2, -0.15) is 0 Å². The molecule has 17 heavy (non-hydrogen) atoms. The summed E-state index contributed by atoms with van der Waals surface area (Å²) in [5.74, 6) is 0. The van der Waals surface area contributed by atoms with Gasteiger partial charge < -0.3 is 5.32 Å². The number of hydrogen-bond donors (Lipinski definition) is 1. The summed E-state index contributed by atoms with van der Waals surface area (Å²) in [6.07, 6.45) is 3.44. The Hall–Kier alpha value is -1.50. The summed E-state index contributed by atoms with van der Waals surface area (Å²) >= 11 is 0. The minimum absolute atomic E-state index is 0.520. The van der Waals surface area contributed by atoms with Crippen molar-refractivity contribution in [3.63, 3.8) is 0 Å². The number of hydrogen-bond acceptors (Lipinski definition) is 1. The first-order valence-corrected chi connectivity index (χ1v) is 6.30. The highest BCUT2D eigenvalue weighted by molar-refractivity contribution is 5.82. The monoisotopic (exact) mass is 227 g/mol. The van der Waals surface area contributed by atoms with Gasteiger partial charge in [-0.05, 0) is 50.8 Å². The van der Waals surface area contributed by atoms with Crippen molar-refractivity contribution < 1.29 is 0 Å². The quantitative estimate of drug-likeness (QED) is 0.763. The Balaban J connectivity index is 2.55. The Morgan fingerprint density at radius 2 is 1.82 bits per heavy atom. The van der Waals surface area contributed by atoms with E-state index < -0.39 is 0 Å². The van der Waals surface area contributed by atoms with Gasteiger partial charge in [-0.25, -0.2) is 0 Å². The highest BCUT2D eigenvalue weighted by atomic mass is 14.9. The molecule has 1 N–H and O–H groups in total. The topological polar surface area (TPSA) is 12.0 Å². The fourth-order valence-electron chi connectivity index (χ4n) is 2.52. The Bertz CT molecular complexity index is 480. The van der Waals surface area contributed by atoms with Crippen LogP contribution in [0.25, 0.3) is 5.57 Å². The van der Waals surface area contributed by atoms with E-state index in [9.17, 15) is 0 Å². The average Bonchev–Trinajstić information content (AvgIpc) is 2.40. The molecule has 0 saturated heterocycles. The molecule has 1 aliphatic heterocycles. The second-order valence-electron chi connectivity index (χ2n) is 4.98. The number of allylic oxidation sites excluding steroid dienone is 3. The first-order valence-electron chi connectivity index (χ1n) is 6.30. The van der Waals surface area contributed by atoms with Crippen LogP contribution in [0.4, 0.5) is 0 Å². The van der Waals surface area contributed by atoms with Gasteiger partial charge in [0.25, 0.3) is 0 Å². The lowest BCUT2D eigenvalue weighted by Gasteiger charge is -2.16. The molecule has 1 nitrogen and oxygen atoms in total. The first kappa shape index (κ1) is 12.0. The molecule has 0 bridgehead atoms. The van der Waals surface area contributed by atoms with E-state index in [1.165, 1.54) is 28.0 Å². The first-order chi connectivity index (χ1) is 8.09. The molecule has 1 heterocycles. The third kappa shape index (κ3) is 2.44. The van der Waals surface area contributed by atoms with Crippen molar-refractivity contribution in [2.75, 3.05) is 0 Å². The van der Waals surface area contributed by atoms with Gasteiger partial charge >= 0.3 is 0 Å². The van der Waals surface area contributed by atoms with Crippen LogP contribution in [0.15, 0.2) is 41.6 Å². The summed E-state index contributed by atoms with van der Waals surface area (Å²) in [5.41, 5.74) is 6.73. The van der Waals surface area contributed by atoms with Crippen LogP contribution in [0, 0.1) is 6.92 Å². The van der Waals surface area contributed by atoms with Crippen molar-refractivity contribution in [1.29, 1.82) is 0 Å². The van der Waals surface area contributed by atoms with Crippen LogP contribution in [-0.4, -0.2) is 6.04 Å². The number of nitrogens with one attached hydrogen (secondary N) is 1. The van der Waals surface area contributed by atoms with Crippen LogP contribution in [0.2, 0.25) is 0 Å². The Labute approximate surface area is 104 Å². The maximum Gasteiger partial charge on any atom is 0.0264 e. The highest BCUT2D eigenvalue weighted by Crippen LogP contribution is 2.30. The number of aryl methyl sites for hydroxylation is 1. The van der Waals surface area contributed by atoms with E-state index in [0.717, 1.165) is 6.42 Å². The SMILES string of the molecule is CC1=CCC(C)NC(C)=C1c1ccccc1C. The van der Waals surface area contributed by atoms with E-state index in [1.807, 2.05) is 0 Å². The van der Waals surface area contributed by atoms with Gasteiger partial charge in [0.15, 0.2) is 0 Å². The molecule has 1 aliphatic rings.